The highest BCUT2D eigenvalue weighted by molar-refractivity contribution is 5.77. The lowest BCUT2D eigenvalue weighted by Crippen LogP contribution is -2.45. The monoisotopic (exact) mass is 323 g/mol. The van der Waals surface area contributed by atoms with Crippen LogP contribution in [0.4, 0.5) is 0 Å². The quantitative estimate of drug-likeness (QED) is 0.788. The first-order chi connectivity index (χ1) is 11.7. The summed E-state index contributed by atoms with van der Waals surface area (Å²) in [5.41, 5.74) is 5.06. The van der Waals surface area contributed by atoms with Gasteiger partial charge in [-0.25, -0.2) is 0 Å². The summed E-state index contributed by atoms with van der Waals surface area (Å²) in [4.78, 5) is 14.8. The number of nitrogens with zero attached hydrogens (tertiary/aromatic N) is 1. The molecule has 0 radical (unpaired) electrons. The molecule has 1 aliphatic rings. The van der Waals surface area contributed by atoms with Crippen molar-refractivity contribution in [2.24, 2.45) is 5.92 Å². The molecule has 24 heavy (non-hydrogen) atoms. The summed E-state index contributed by atoms with van der Waals surface area (Å²) in [6.07, 6.45) is 0.944. The van der Waals surface area contributed by atoms with Crippen LogP contribution < -0.4 is 0 Å². The smallest absolute Gasteiger partial charge is 0.323 e. The molecule has 2 aromatic carbocycles. The van der Waals surface area contributed by atoms with E-state index in [4.69, 9.17) is 4.74 Å². The maximum Gasteiger partial charge on any atom is 0.323 e. The van der Waals surface area contributed by atoms with Gasteiger partial charge in [-0.2, -0.15) is 0 Å². The molecule has 0 amide bonds. The highest BCUT2D eigenvalue weighted by Gasteiger charge is 2.33. The van der Waals surface area contributed by atoms with Crippen LogP contribution in [0.25, 0.3) is 11.1 Å². The van der Waals surface area contributed by atoms with Crippen LogP contribution in [0, 0.1) is 5.92 Å². The van der Waals surface area contributed by atoms with Crippen molar-refractivity contribution < 1.29 is 9.53 Å². The third-order valence-corrected chi connectivity index (χ3v) is 5.09. The Morgan fingerprint density at radius 2 is 1.54 bits per heavy atom. The summed E-state index contributed by atoms with van der Waals surface area (Å²) in [5, 5.41) is 0. The molecular formula is C21H25NO2. The Kier molecular flexibility index (Phi) is 5.00. The molecule has 0 N–H and O–H groups in total. The van der Waals surface area contributed by atoms with Gasteiger partial charge in [-0.15, -0.1) is 0 Å². The Morgan fingerprint density at radius 1 is 1.04 bits per heavy atom. The van der Waals surface area contributed by atoms with Crippen LogP contribution in [0.15, 0.2) is 48.5 Å². The SMILES string of the molecule is CCC(C)C(C(=O)OC)N1Cc2ccccc2-c2ccccc2C1. The third kappa shape index (κ3) is 3.09. The summed E-state index contributed by atoms with van der Waals surface area (Å²) in [6.45, 7) is 5.77. The fourth-order valence-electron chi connectivity index (χ4n) is 3.62. The van der Waals surface area contributed by atoms with E-state index in [9.17, 15) is 4.79 Å². The number of methoxy groups -OCH3 is 1. The second-order valence-corrected chi connectivity index (χ2v) is 6.57. The minimum absolute atomic E-state index is 0.138. The van der Waals surface area contributed by atoms with Gasteiger partial charge >= 0.3 is 5.97 Å². The van der Waals surface area contributed by atoms with Crippen LogP contribution in [0.3, 0.4) is 0 Å². The van der Waals surface area contributed by atoms with Gasteiger partial charge in [0.2, 0.25) is 0 Å². The molecule has 0 aromatic heterocycles. The van der Waals surface area contributed by atoms with E-state index in [2.05, 4.69) is 67.3 Å². The first kappa shape index (κ1) is 16.7. The Morgan fingerprint density at radius 3 is 2.00 bits per heavy atom. The molecule has 2 aromatic rings. The number of carbonyl (C=O) groups excluding carboxylic acids is 1. The Bertz CT molecular complexity index is 678. The second-order valence-electron chi connectivity index (χ2n) is 6.57. The molecule has 2 unspecified atom stereocenters. The van der Waals surface area contributed by atoms with E-state index in [0.29, 0.717) is 0 Å². The van der Waals surface area contributed by atoms with E-state index in [0.717, 1.165) is 19.5 Å². The average molecular weight is 323 g/mol. The van der Waals surface area contributed by atoms with Crippen LogP contribution in [-0.2, 0) is 22.6 Å². The van der Waals surface area contributed by atoms with Gasteiger partial charge in [-0.1, -0.05) is 68.8 Å². The molecule has 3 rings (SSSR count). The predicted molar refractivity (Wildman–Crippen MR) is 96.4 cm³/mol. The maximum atomic E-state index is 12.5. The largest absolute Gasteiger partial charge is 0.468 e. The average Bonchev–Trinajstić information content (AvgIpc) is 2.78. The standard InChI is InChI=1S/C21H25NO2/c1-4-15(2)20(21(23)24-3)22-13-16-9-5-7-11-18(16)19-12-8-6-10-17(19)14-22/h5-12,15,20H,4,13-14H2,1-3H3. The van der Waals surface area contributed by atoms with Crippen molar-refractivity contribution in [1.82, 2.24) is 4.90 Å². The topological polar surface area (TPSA) is 29.5 Å². The number of esters is 1. The Hall–Kier alpha value is -2.13. The summed E-state index contributed by atoms with van der Waals surface area (Å²) in [6, 6.07) is 16.8. The molecule has 0 saturated heterocycles. The molecular weight excluding hydrogens is 298 g/mol. The number of hydrogen-bond acceptors (Lipinski definition) is 3. The van der Waals surface area contributed by atoms with Crippen LogP contribution in [0.1, 0.15) is 31.4 Å². The van der Waals surface area contributed by atoms with Crippen LogP contribution in [0.2, 0.25) is 0 Å². The fraction of sp³-hybridized carbons (Fsp3) is 0.381. The molecule has 0 saturated carbocycles. The first-order valence-corrected chi connectivity index (χ1v) is 8.63. The van der Waals surface area contributed by atoms with Crippen LogP contribution >= 0.6 is 0 Å². The maximum absolute atomic E-state index is 12.5. The van der Waals surface area contributed by atoms with Gasteiger partial charge in [0.1, 0.15) is 6.04 Å². The molecule has 2 atom stereocenters. The lowest BCUT2D eigenvalue weighted by molar-refractivity contribution is -0.149. The zero-order chi connectivity index (χ0) is 17.1. The molecule has 0 fully saturated rings. The normalized spacial score (nSPS) is 16.5. The van der Waals surface area contributed by atoms with Crippen molar-refractivity contribution in [3.8, 4) is 11.1 Å². The molecule has 126 valence electrons. The third-order valence-electron chi connectivity index (χ3n) is 5.09. The Labute approximate surface area is 144 Å². The van der Waals surface area contributed by atoms with Gasteiger partial charge in [-0.05, 0) is 28.2 Å². The van der Waals surface area contributed by atoms with Crippen molar-refractivity contribution in [3.05, 3.63) is 59.7 Å². The highest BCUT2D eigenvalue weighted by atomic mass is 16.5. The minimum Gasteiger partial charge on any atom is -0.468 e. The van der Waals surface area contributed by atoms with Gasteiger partial charge in [0, 0.05) is 13.1 Å². The van der Waals surface area contributed by atoms with Crippen molar-refractivity contribution >= 4 is 5.97 Å². The number of ether oxygens (including phenoxy) is 1. The highest BCUT2D eigenvalue weighted by Crippen LogP contribution is 2.34. The van der Waals surface area contributed by atoms with E-state index >= 15 is 0 Å². The molecule has 3 heteroatoms. The number of fused-ring (bicyclic) bond motifs is 3. The van der Waals surface area contributed by atoms with Crippen molar-refractivity contribution in [1.29, 1.82) is 0 Å². The van der Waals surface area contributed by atoms with Gasteiger partial charge in [0.25, 0.3) is 0 Å². The fourth-order valence-corrected chi connectivity index (χ4v) is 3.62. The Balaban J connectivity index is 2.07. The van der Waals surface area contributed by atoms with Crippen LogP contribution in [0.5, 0.6) is 0 Å². The van der Waals surface area contributed by atoms with Gasteiger partial charge < -0.3 is 4.74 Å². The predicted octanol–water partition coefficient (Wildman–Crippen LogP) is 4.26. The van der Waals surface area contributed by atoms with Crippen LogP contribution in [-0.4, -0.2) is 24.0 Å². The van der Waals surface area contributed by atoms with E-state index in [1.807, 2.05) is 0 Å². The van der Waals surface area contributed by atoms with Crippen molar-refractivity contribution in [3.63, 3.8) is 0 Å². The van der Waals surface area contributed by atoms with Gasteiger partial charge in [0.15, 0.2) is 0 Å². The second kappa shape index (κ2) is 7.18. The van der Waals surface area contributed by atoms with E-state index < -0.39 is 0 Å². The van der Waals surface area contributed by atoms with E-state index in [1.54, 1.807) is 0 Å². The van der Waals surface area contributed by atoms with E-state index in [1.165, 1.54) is 29.4 Å². The molecule has 0 spiro atoms. The number of benzene rings is 2. The van der Waals surface area contributed by atoms with E-state index in [-0.39, 0.29) is 17.9 Å². The molecule has 1 aliphatic heterocycles. The minimum atomic E-state index is -0.223. The number of hydrogen-bond donors (Lipinski definition) is 0. The molecule has 0 bridgehead atoms. The first-order valence-electron chi connectivity index (χ1n) is 8.63. The lowest BCUT2D eigenvalue weighted by Gasteiger charge is -2.32. The van der Waals surface area contributed by atoms with Crippen molar-refractivity contribution in [2.45, 2.75) is 39.4 Å². The van der Waals surface area contributed by atoms with Gasteiger partial charge in [0.05, 0.1) is 7.11 Å². The zero-order valence-electron chi connectivity index (χ0n) is 14.7. The lowest BCUT2D eigenvalue weighted by atomic mass is 9.96. The number of rotatable bonds is 4. The summed E-state index contributed by atoms with van der Waals surface area (Å²) < 4.78 is 5.12. The summed E-state index contributed by atoms with van der Waals surface area (Å²) >= 11 is 0. The summed E-state index contributed by atoms with van der Waals surface area (Å²) in [5.74, 6) is 0.107. The summed E-state index contributed by atoms with van der Waals surface area (Å²) in [7, 11) is 1.48. The molecule has 3 nitrogen and oxygen atoms in total. The van der Waals surface area contributed by atoms with Gasteiger partial charge in [-0.3, -0.25) is 9.69 Å². The zero-order valence-corrected chi connectivity index (χ0v) is 14.7. The number of carbonyl (C=O) groups is 1. The molecule has 0 aliphatic carbocycles. The van der Waals surface area contributed by atoms with Crippen molar-refractivity contribution in [2.75, 3.05) is 7.11 Å². The molecule has 1 heterocycles.